The first kappa shape index (κ1) is 11.6. The minimum atomic E-state index is -0.375. The molecule has 16 heavy (non-hydrogen) atoms. The monoisotopic (exact) mass is 281 g/mol. The first-order valence-corrected chi connectivity index (χ1v) is 6.27. The van der Waals surface area contributed by atoms with Crippen LogP contribution < -0.4 is 5.73 Å². The van der Waals surface area contributed by atoms with E-state index in [4.69, 9.17) is 5.73 Å². The predicted molar refractivity (Wildman–Crippen MR) is 70.2 cm³/mol. The van der Waals surface area contributed by atoms with E-state index in [1.807, 2.05) is 25.1 Å². The smallest absolute Gasteiger partial charge is 0.127 e. The van der Waals surface area contributed by atoms with Crippen molar-refractivity contribution in [3.8, 4) is 0 Å². The number of benzene rings is 1. The highest BCUT2D eigenvalue weighted by molar-refractivity contribution is 9.10. The standard InChI is InChI=1S/C12H16BrN3/c1-3-6-12(2,14)11-15-9-5-4-8(13)7-10(9)16-11/h4-5,7H,3,6,14H2,1-2H3,(H,15,16). The molecule has 86 valence electrons. The first-order valence-electron chi connectivity index (χ1n) is 5.47. The highest BCUT2D eigenvalue weighted by atomic mass is 79.9. The normalized spacial score (nSPS) is 15.2. The van der Waals surface area contributed by atoms with Gasteiger partial charge in [-0.2, -0.15) is 0 Å². The maximum atomic E-state index is 6.25. The maximum absolute atomic E-state index is 6.25. The molecule has 1 aromatic carbocycles. The van der Waals surface area contributed by atoms with Crippen LogP contribution in [0.15, 0.2) is 22.7 Å². The van der Waals surface area contributed by atoms with Crippen LogP contribution in [-0.4, -0.2) is 9.97 Å². The molecule has 0 aliphatic carbocycles. The fraction of sp³-hybridized carbons (Fsp3) is 0.417. The zero-order valence-electron chi connectivity index (χ0n) is 9.55. The van der Waals surface area contributed by atoms with Gasteiger partial charge in [-0.05, 0) is 31.5 Å². The van der Waals surface area contributed by atoms with Gasteiger partial charge in [0, 0.05) is 4.47 Å². The lowest BCUT2D eigenvalue weighted by Crippen LogP contribution is -2.34. The molecule has 1 heterocycles. The fourth-order valence-corrected chi connectivity index (χ4v) is 2.25. The molecule has 3 N–H and O–H groups in total. The Morgan fingerprint density at radius 2 is 2.25 bits per heavy atom. The summed E-state index contributed by atoms with van der Waals surface area (Å²) >= 11 is 3.44. The van der Waals surface area contributed by atoms with Crippen LogP contribution in [0.25, 0.3) is 11.0 Å². The number of imidazole rings is 1. The number of hydrogen-bond acceptors (Lipinski definition) is 2. The number of rotatable bonds is 3. The molecule has 1 atom stereocenters. The lowest BCUT2D eigenvalue weighted by molar-refractivity contribution is 0.424. The Morgan fingerprint density at radius 3 is 2.94 bits per heavy atom. The van der Waals surface area contributed by atoms with Gasteiger partial charge in [0.15, 0.2) is 0 Å². The molecule has 4 heteroatoms. The maximum Gasteiger partial charge on any atom is 0.127 e. The number of halogens is 1. The Kier molecular flexibility index (Phi) is 3.04. The van der Waals surface area contributed by atoms with Crippen molar-refractivity contribution in [2.75, 3.05) is 0 Å². The van der Waals surface area contributed by atoms with Gasteiger partial charge in [-0.15, -0.1) is 0 Å². The van der Waals surface area contributed by atoms with E-state index in [1.165, 1.54) is 0 Å². The lowest BCUT2D eigenvalue weighted by atomic mass is 9.97. The number of H-pyrrole nitrogens is 1. The van der Waals surface area contributed by atoms with Gasteiger partial charge in [0.2, 0.25) is 0 Å². The summed E-state index contributed by atoms with van der Waals surface area (Å²) in [6.45, 7) is 4.15. The van der Waals surface area contributed by atoms with E-state index < -0.39 is 0 Å². The summed E-state index contributed by atoms with van der Waals surface area (Å²) in [5.41, 5.74) is 7.86. The third-order valence-electron chi connectivity index (χ3n) is 2.75. The van der Waals surface area contributed by atoms with Crippen LogP contribution in [0.4, 0.5) is 0 Å². The van der Waals surface area contributed by atoms with Crippen LogP contribution in [0, 0.1) is 0 Å². The van der Waals surface area contributed by atoms with Gasteiger partial charge in [-0.3, -0.25) is 0 Å². The minimum Gasteiger partial charge on any atom is -0.340 e. The topological polar surface area (TPSA) is 54.7 Å². The SMILES string of the molecule is CCCC(C)(N)c1nc2ccc(Br)cc2[nH]1. The van der Waals surface area contributed by atoms with Crippen molar-refractivity contribution in [2.24, 2.45) is 5.73 Å². The summed E-state index contributed by atoms with van der Waals surface area (Å²) in [7, 11) is 0. The van der Waals surface area contributed by atoms with Gasteiger partial charge < -0.3 is 10.7 Å². The molecule has 0 bridgehead atoms. The van der Waals surface area contributed by atoms with Gasteiger partial charge in [-0.1, -0.05) is 29.3 Å². The van der Waals surface area contributed by atoms with Crippen molar-refractivity contribution in [1.82, 2.24) is 9.97 Å². The molecule has 0 fully saturated rings. The van der Waals surface area contributed by atoms with E-state index in [-0.39, 0.29) is 5.54 Å². The third kappa shape index (κ3) is 2.13. The van der Waals surface area contributed by atoms with Crippen molar-refractivity contribution in [1.29, 1.82) is 0 Å². The molecule has 3 nitrogen and oxygen atoms in total. The van der Waals surface area contributed by atoms with Crippen molar-refractivity contribution >= 4 is 27.0 Å². The first-order chi connectivity index (χ1) is 7.53. The summed E-state index contributed by atoms with van der Waals surface area (Å²) < 4.78 is 1.05. The fourth-order valence-electron chi connectivity index (χ4n) is 1.89. The van der Waals surface area contributed by atoms with Crippen molar-refractivity contribution in [2.45, 2.75) is 32.2 Å². The minimum absolute atomic E-state index is 0.375. The number of aromatic nitrogens is 2. The summed E-state index contributed by atoms with van der Waals surface area (Å²) in [5, 5.41) is 0. The second kappa shape index (κ2) is 4.18. The largest absolute Gasteiger partial charge is 0.340 e. The molecular formula is C12H16BrN3. The average Bonchev–Trinajstić information content (AvgIpc) is 2.61. The van der Waals surface area contributed by atoms with E-state index >= 15 is 0 Å². The van der Waals surface area contributed by atoms with Crippen LogP contribution in [0.2, 0.25) is 0 Å². The van der Waals surface area contributed by atoms with Crippen LogP contribution in [0.3, 0.4) is 0 Å². The Hall–Kier alpha value is -0.870. The zero-order valence-corrected chi connectivity index (χ0v) is 11.1. The van der Waals surface area contributed by atoms with E-state index in [1.54, 1.807) is 0 Å². The average molecular weight is 282 g/mol. The Balaban J connectivity index is 2.46. The van der Waals surface area contributed by atoms with Crippen molar-refractivity contribution in [3.63, 3.8) is 0 Å². The molecule has 2 rings (SSSR count). The molecule has 1 unspecified atom stereocenters. The predicted octanol–water partition coefficient (Wildman–Crippen LogP) is 3.30. The molecule has 0 radical (unpaired) electrons. The Morgan fingerprint density at radius 1 is 1.50 bits per heavy atom. The highest BCUT2D eigenvalue weighted by Gasteiger charge is 2.23. The van der Waals surface area contributed by atoms with Gasteiger partial charge in [0.1, 0.15) is 5.82 Å². The summed E-state index contributed by atoms with van der Waals surface area (Å²) in [6, 6.07) is 6.00. The van der Waals surface area contributed by atoms with Crippen molar-refractivity contribution in [3.05, 3.63) is 28.5 Å². The van der Waals surface area contributed by atoms with Gasteiger partial charge in [0.05, 0.1) is 16.6 Å². The molecule has 0 amide bonds. The molecule has 0 spiro atoms. The molecule has 2 aromatic rings. The molecule has 0 aliphatic heterocycles. The van der Waals surface area contributed by atoms with E-state index in [2.05, 4.69) is 32.8 Å². The van der Waals surface area contributed by atoms with Gasteiger partial charge in [-0.25, -0.2) is 4.98 Å². The molecule has 0 saturated carbocycles. The Labute approximate surface area is 104 Å². The second-order valence-corrected chi connectivity index (χ2v) is 5.33. The van der Waals surface area contributed by atoms with E-state index in [0.29, 0.717) is 0 Å². The number of fused-ring (bicyclic) bond motifs is 1. The Bertz CT molecular complexity index is 502. The van der Waals surface area contributed by atoms with Crippen LogP contribution in [-0.2, 0) is 5.54 Å². The third-order valence-corrected chi connectivity index (χ3v) is 3.25. The quantitative estimate of drug-likeness (QED) is 0.907. The lowest BCUT2D eigenvalue weighted by Gasteiger charge is -2.20. The van der Waals surface area contributed by atoms with Crippen LogP contribution >= 0.6 is 15.9 Å². The van der Waals surface area contributed by atoms with Gasteiger partial charge in [0.25, 0.3) is 0 Å². The summed E-state index contributed by atoms with van der Waals surface area (Å²) in [4.78, 5) is 7.84. The molecule has 1 aromatic heterocycles. The summed E-state index contributed by atoms with van der Waals surface area (Å²) in [5.74, 6) is 0.863. The molecular weight excluding hydrogens is 266 g/mol. The summed E-state index contributed by atoms with van der Waals surface area (Å²) in [6.07, 6.45) is 1.97. The van der Waals surface area contributed by atoms with Crippen molar-refractivity contribution < 1.29 is 0 Å². The van der Waals surface area contributed by atoms with Gasteiger partial charge >= 0.3 is 0 Å². The number of hydrogen-bond donors (Lipinski definition) is 2. The number of aromatic amines is 1. The van der Waals surface area contributed by atoms with Crippen LogP contribution in [0.1, 0.15) is 32.5 Å². The second-order valence-electron chi connectivity index (χ2n) is 4.41. The van der Waals surface area contributed by atoms with E-state index in [9.17, 15) is 0 Å². The number of nitrogens with zero attached hydrogens (tertiary/aromatic N) is 1. The highest BCUT2D eigenvalue weighted by Crippen LogP contribution is 2.24. The number of nitrogens with two attached hydrogens (primary N) is 1. The van der Waals surface area contributed by atoms with Crippen LogP contribution in [0.5, 0.6) is 0 Å². The zero-order chi connectivity index (χ0) is 11.8. The van der Waals surface area contributed by atoms with E-state index in [0.717, 1.165) is 34.2 Å². The molecule has 0 saturated heterocycles. The number of nitrogens with one attached hydrogen (secondary N) is 1. The molecule has 0 aliphatic rings.